The fraction of sp³-hybridized carbons (Fsp3) is 0.600. The molecule has 0 fully saturated rings. The normalized spacial score (nSPS) is 23.0. The van der Waals surface area contributed by atoms with Gasteiger partial charge in [-0.2, -0.15) is 4.31 Å². The first kappa shape index (κ1) is 22.7. The van der Waals surface area contributed by atoms with Gasteiger partial charge in [0.25, 0.3) is 0 Å². The molecule has 0 aliphatic carbocycles. The minimum atomic E-state index is -3.80. The van der Waals surface area contributed by atoms with Crippen LogP contribution in [0, 0.1) is 17.8 Å². The summed E-state index contributed by atoms with van der Waals surface area (Å²) in [5, 5.41) is 12.7. The Morgan fingerprint density at radius 3 is 2.75 bits per heavy atom. The molecule has 8 heteroatoms. The number of ether oxygens (including phenoxy) is 1. The highest BCUT2D eigenvalue weighted by Crippen LogP contribution is 2.33. The molecule has 1 aliphatic heterocycles. The summed E-state index contributed by atoms with van der Waals surface area (Å²) >= 11 is 0. The van der Waals surface area contributed by atoms with Crippen molar-refractivity contribution >= 4 is 10.0 Å². The predicted octanol–water partition coefficient (Wildman–Crippen LogP) is 0.588. The number of nitrogens with zero attached hydrogens (tertiary/aromatic N) is 2. The molecule has 1 aromatic rings. The van der Waals surface area contributed by atoms with Crippen LogP contribution in [0.25, 0.3) is 0 Å². The summed E-state index contributed by atoms with van der Waals surface area (Å²) in [5.41, 5.74) is 0.703. The van der Waals surface area contributed by atoms with E-state index >= 15 is 0 Å². The monoisotopic (exact) mass is 409 g/mol. The van der Waals surface area contributed by atoms with Crippen molar-refractivity contribution in [3.63, 3.8) is 0 Å². The van der Waals surface area contributed by atoms with Crippen molar-refractivity contribution in [2.45, 2.75) is 30.9 Å². The maximum absolute atomic E-state index is 13.3. The molecule has 0 saturated carbocycles. The average Bonchev–Trinajstić information content (AvgIpc) is 2.63. The molecule has 0 radical (unpaired) electrons. The zero-order chi connectivity index (χ0) is 20.9. The molecule has 156 valence electrons. The van der Waals surface area contributed by atoms with Gasteiger partial charge < -0.3 is 15.2 Å². The summed E-state index contributed by atoms with van der Waals surface area (Å²) in [7, 11) is 1.90. The number of rotatable bonds is 5. The summed E-state index contributed by atoms with van der Waals surface area (Å²) in [5.74, 6) is 6.35. The number of likely N-dealkylation sites (N-methyl/N-ethyl adjacent to an activating group) is 1. The Hall–Kier alpha value is -1.63. The van der Waals surface area contributed by atoms with E-state index < -0.39 is 16.1 Å². The van der Waals surface area contributed by atoms with Gasteiger partial charge in [0.05, 0.1) is 13.2 Å². The molecular formula is C20H31N3O4S. The lowest BCUT2D eigenvalue weighted by Crippen LogP contribution is -2.49. The molecule has 1 aliphatic rings. The van der Waals surface area contributed by atoms with Crippen LogP contribution >= 0.6 is 0 Å². The molecule has 0 amide bonds. The second-order valence-electron chi connectivity index (χ2n) is 7.50. The molecule has 0 bridgehead atoms. The summed E-state index contributed by atoms with van der Waals surface area (Å²) in [4.78, 5) is 2.07. The first-order valence-electron chi connectivity index (χ1n) is 9.42. The minimum absolute atomic E-state index is 0.0622. The zero-order valence-corrected chi connectivity index (χ0v) is 18.1. The first-order valence-corrected chi connectivity index (χ1v) is 10.9. The number of sulfonamides is 1. The van der Waals surface area contributed by atoms with Crippen LogP contribution in [0.5, 0.6) is 5.75 Å². The van der Waals surface area contributed by atoms with E-state index in [0.29, 0.717) is 24.4 Å². The van der Waals surface area contributed by atoms with E-state index in [9.17, 15) is 13.5 Å². The largest absolute Gasteiger partial charge is 0.487 e. The van der Waals surface area contributed by atoms with E-state index in [1.807, 2.05) is 33.0 Å². The van der Waals surface area contributed by atoms with Gasteiger partial charge in [-0.15, -0.1) is 0 Å². The Kier molecular flexibility index (Phi) is 7.87. The molecule has 2 rings (SSSR count). The average molecular weight is 410 g/mol. The van der Waals surface area contributed by atoms with Crippen molar-refractivity contribution in [2.75, 3.05) is 47.4 Å². The first-order chi connectivity index (χ1) is 13.2. The number of fused-ring (bicyclic) bond motifs is 1. The highest BCUT2D eigenvalue weighted by molar-refractivity contribution is 7.89. The van der Waals surface area contributed by atoms with Crippen LogP contribution in [0.4, 0.5) is 0 Å². The lowest BCUT2D eigenvalue weighted by molar-refractivity contribution is 0.103. The lowest BCUT2D eigenvalue weighted by Gasteiger charge is -2.36. The van der Waals surface area contributed by atoms with Crippen molar-refractivity contribution in [3.05, 3.63) is 23.8 Å². The van der Waals surface area contributed by atoms with Gasteiger partial charge in [-0.1, -0.05) is 18.8 Å². The van der Waals surface area contributed by atoms with Gasteiger partial charge in [0, 0.05) is 30.6 Å². The number of aliphatic hydroxyl groups excluding tert-OH is 1. The molecule has 0 aromatic heterocycles. The van der Waals surface area contributed by atoms with Crippen LogP contribution in [0.1, 0.15) is 19.4 Å². The van der Waals surface area contributed by atoms with Crippen LogP contribution in [-0.2, 0) is 10.0 Å². The van der Waals surface area contributed by atoms with Crippen molar-refractivity contribution in [1.29, 1.82) is 0 Å². The van der Waals surface area contributed by atoms with Crippen molar-refractivity contribution in [3.8, 4) is 17.6 Å². The molecule has 7 nitrogen and oxygen atoms in total. The van der Waals surface area contributed by atoms with Crippen molar-refractivity contribution in [2.24, 2.45) is 5.92 Å². The molecule has 3 atom stereocenters. The molecule has 0 spiro atoms. The lowest BCUT2D eigenvalue weighted by atomic mass is 10.0. The summed E-state index contributed by atoms with van der Waals surface area (Å²) < 4.78 is 34.1. The molecule has 0 unspecified atom stereocenters. The van der Waals surface area contributed by atoms with E-state index in [4.69, 9.17) is 4.74 Å². The number of hydrogen-bond donors (Lipinski definition) is 2. The van der Waals surface area contributed by atoms with Crippen LogP contribution < -0.4 is 10.1 Å². The molecule has 1 aromatic carbocycles. The molecule has 1 heterocycles. The van der Waals surface area contributed by atoms with Crippen LogP contribution in [0.15, 0.2) is 23.1 Å². The topological polar surface area (TPSA) is 82.1 Å². The molecule has 2 N–H and O–H groups in total. The smallest absolute Gasteiger partial charge is 0.247 e. The van der Waals surface area contributed by atoms with Crippen LogP contribution in [0.3, 0.4) is 0 Å². The van der Waals surface area contributed by atoms with E-state index in [0.717, 1.165) is 0 Å². The SMILES string of the molecule is CNC[C@H]1Oc2cc(C#CCN(C)C)ccc2S(=O)(=O)N([C@@H](C)CO)C[C@H]1C. The standard InChI is InChI=1S/C20H31N3O4S/c1-15-13-23(16(2)14-24)28(25,26)20-9-8-17(7-6-10-22(4)5)11-18(20)27-19(15)12-21-3/h8-9,11,15-16,19,21,24H,10,12-14H2,1-5H3/t15-,16+,19-/m1/s1. The Balaban J connectivity index is 2.54. The van der Waals surface area contributed by atoms with Gasteiger partial charge in [-0.25, -0.2) is 8.42 Å². The number of hydrogen-bond acceptors (Lipinski definition) is 6. The Bertz CT molecular complexity index is 830. The maximum Gasteiger partial charge on any atom is 0.247 e. The Morgan fingerprint density at radius 1 is 1.43 bits per heavy atom. The summed E-state index contributed by atoms with van der Waals surface area (Å²) in [6, 6.07) is 4.42. The minimum Gasteiger partial charge on any atom is -0.487 e. The van der Waals surface area contributed by atoms with Gasteiger partial charge in [0.1, 0.15) is 16.7 Å². The van der Waals surface area contributed by atoms with E-state index in [-0.39, 0.29) is 30.1 Å². The quantitative estimate of drug-likeness (QED) is 0.693. The van der Waals surface area contributed by atoms with Crippen LogP contribution in [-0.4, -0.2) is 82.3 Å². The van der Waals surface area contributed by atoms with Gasteiger partial charge >= 0.3 is 0 Å². The van der Waals surface area contributed by atoms with Crippen molar-refractivity contribution in [1.82, 2.24) is 14.5 Å². The van der Waals surface area contributed by atoms with Crippen molar-refractivity contribution < 1.29 is 18.3 Å². The fourth-order valence-electron chi connectivity index (χ4n) is 3.05. The van der Waals surface area contributed by atoms with Crippen LogP contribution in [0.2, 0.25) is 0 Å². The summed E-state index contributed by atoms with van der Waals surface area (Å²) in [6.07, 6.45) is -0.211. The van der Waals surface area contributed by atoms with Gasteiger partial charge in [-0.05, 0) is 46.3 Å². The predicted molar refractivity (Wildman–Crippen MR) is 110 cm³/mol. The maximum atomic E-state index is 13.3. The Morgan fingerprint density at radius 2 is 2.14 bits per heavy atom. The third-order valence-electron chi connectivity index (χ3n) is 4.70. The summed E-state index contributed by atoms with van der Waals surface area (Å²) in [6.45, 7) is 4.89. The van der Waals surface area contributed by atoms with E-state index in [1.165, 1.54) is 4.31 Å². The van der Waals surface area contributed by atoms with Gasteiger partial charge in [0.2, 0.25) is 10.0 Å². The fourth-order valence-corrected chi connectivity index (χ4v) is 4.87. The number of nitrogens with one attached hydrogen (secondary N) is 1. The molecule has 28 heavy (non-hydrogen) atoms. The van der Waals surface area contributed by atoms with E-state index in [1.54, 1.807) is 25.1 Å². The highest BCUT2D eigenvalue weighted by Gasteiger charge is 2.37. The molecule has 0 saturated heterocycles. The second-order valence-corrected chi connectivity index (χ2v) is 9.36. The zero-order valence-electron chi connectivity index (χ0n) is 17.3. The third-order valence-corrected chi connectivity index (χ3v) is 6.72. The highest BCUT2D eigenvalue weighted by atomic mass is 32.2. The Labute approximate surface area is 168 Å². The number of benzene rings is 1. The third kappa shape index (κ3) is 5.25. The van der Waals surface area contributed by atoms with E-state index in [2.05, 4.69) is 17.2 Å². The second kappa shape index (κ2) is 9.72. The van der Waals surface area contributed by atoms with Gasteiger partial charge in [-0.3, -0.25) is 4.90 Å². The van der Waals surface area contributed by atoms with Gasteiger partial charge in [0.15, 0.2) is 0 Å². The molecular weight excluding hydrogens is 378 g/mol. The number of aliphatic hydroxyl groups is 1.